The summed E-state index contributed by atoms with van der Waals surface area (Å²) in [4.78, 5) is 0. The maximum Gasteiger partial charge on any atom is 0.499 e. The Morgan fingerprint density at radius 1 is 0.450 bits per heavy atom. The van der Waals surface area contributed by atoms with E-state index in [1.165, 1.54) is 61.2 Å². The second-order valence-corrected chi connectivity index (χ2v) is 16.1. The summed E-state index contributed by atoms with van der Waals surface area (Å²) >= 11 is 0. The second kappa shape index (κ2) is 12.3. The number of fused-ring (bicyclic) bond motifs is 5. The van der Waals surface area contributed by atoms with Gasteiger partial charge in [0.25, 0.3) is 0 Å². The van der Waals surface area contributed by atoms with Gasteiger partial charge < -0.3 is 4.74 Å². The van der Waals surface area contributed by atoms with Crippen molar-refractivity contribution in [3.63, 3.8) is 0 Å². The SMILES string of the molecule is Cc1cc(-c2ccccc2)c(-n2c3[n+]4c5c(cccc52)-c2cc(-c5ccccc5)cc5c2C4(Oc2ccccc2-3)[n+]2ccc(-c3ccccc3)cc2-5)cc1-c1ccccc1. The first kappa shape index (κ1) is 33.2. The van der Waals surface area contributed by atoms with Gasteiger partial charge in [-0.05, 0) is 100.0 Å². The molecule has 0 saturated carbocycles. The van der Waals surface area contributed by atoms with Crippen molar-refractivity contribution in [2.24, 2.45) is 0 Å². The fourth-order valence-electron chi connectivity index (χ4n) is 10.3. The molecule has 5 heterocycles. The van der Waals surface area contributed by atoms with Crippen LogP contribution < -0.4 is 13.9 Å². The predicted octanol–water partition coefficient (Wildman–Crippen LogP) is 12.4. The largest absolute Gasteiger partial charge is 0.499 e. The molecule has 0 saturated heterocycles. The lowest BCUT2D eigenvalue weighted by Gasteiger charge is -2.32. The molecule has 0 radical (unpaired) electrons. The van der Waals surface area contributed by atoms with E-state index in [4.69, 9.17) is 4.74 Å². The van der Waals surface area contributed by atoms with Crippen molar-refractivity contribution in [3.8, 4) is 89.7 Å². The van der Waals surface area contributed by atoms with E-state index in [9.17, 15) is 0 Å². The Kier molecular flexibility index (Phi) is 6.83. The van der Waals surface area contributed by atoms with Crippen LogP contribution in [0.1, 0.15) is 11.1 Å². The van der Waals surface area contributed by atoms with Crippen molar-refractivity contribution in [2.75, 3.05) is 0 Å². The lowest BCUT2D eigenvalue weighted by molar-refractivity contribution is -0.997. The summed E-state index contributed by atoms with van der Waals surface area (Å²) in [6, 6.07) is 72.7. The van der Waals surface area contributed by atoms with Gasteiger partial charge in [0.05, 0.1) is 5.56 Å². The van der Waals surface area contributed by atoms with Gasteiger partial charge in [-0.3, -0.25) is 0 Å². The normalized spacial score (nSPS) is 14.9. The number of benzene rings is 8. The molecule has 0 fully saturated rings. The molecular weight excluding hydrogens is 731 g/mol. The number of ether oxygens (including phenoxy) is 1. The fraction of sp³-hybridized carbons (Fsp3) is 0.0357. The van der Waals surface area contributed by atoms with Gasteiger partial charge in [0.1, 0.15) is 22.6 Å². The maximum absolute atomic E-state index is 7.68. The van der Waals surface area contributed by atoms with E-state index in [-0.39, 0.29) is 0 Å². The summed E-state index contributed by atoms with van der Waals surface area (Å²) < 4.78 is 15.1. The summed E-state index contributed by atoms with van der Waals surface area (Å²) in [6.07, 6.45) is 2.25. The molecule has 8 aromatic carbocycles. The fourth-order valence-corrected chi connectivity index (χ4v) is 10.3. The number of imidazole rings is 1. The van der Waals surface area contributed by atoms with Crippen molar-refractivity contribution in [1.82, 2.24) is 4.57 Å². The van der Waals surface area contributed by atoms with Gasteiger partial charge in [0.2, 0.25) is 5.69 Å². The average molecular weight is 768 g/mol. The van der Waals surface area contributed by atoms with Crippen LogP contribution in [0.2, 0.25) is 0 Å². The third-order valence-electron chi connectivity index (χ3n) is 12.9. The van der Waals surface area contributed by atoms with Crippen LogP contribution in [0.15, 0.2) is 206 Å². The Balaban J connectivity index is 1.21. The number of nitrogens with zero attached hydrogens (tertiary/aromatic N) is 3. The van der Waals surface area contributed by atoms with Crippen LogP contribution in [0.3, 0.4) is 0 Å². The predicted molar refractivity (Wildman–Crippen MR) is 240 cm³/mol. The van der Waals surface area contributed by atoms with E-state index in [1.807, 2.05) is 0 Å². The van der Waals surface area contributed by atoms with Crippen LogP contribution in [-0.2, 0) is 5.85 Å². The molecule has 4 heteroatoms. The Hall–Kier alpha value is -7.82. The van der Waals surface area contributed by atoms with Crippen LogP contribution in [0.25, 0.3) is 95.0 Å². The van der Waals surface area contributed by atoms with Gasteiger partial charge in [-0.25, -0.2) is 0 Å². The van der Waals surface area contributed by atoms with Gasteiger partial charge in [0, 0.05) is 28.8 Å². The first-order chi connectivity index (χ1) is 29.7. The highest BCUT2D eigenvalue weighted by Gasteiger charge is 2.68. The van der Waals surface area contributed by atoms with Gasteiger partial charge in [0.15, 0.2) is 17.2 Å². The van der Waals surface area contributed by atoms with Gasteiger partial charge in [-0.15, -0.1) is 9.13 Å². The van der Waals surface area contributed by atoms with Gasteiger partial charge >= 0.3 is 11.7 Å². The molecule has 0 amide bonds. The lowest BCUT2D eigenvalue weighted by atomic mass is 9.85. The molecular formula is C56H37N3O+2. The average Bonchev–Trinajstić information content (AvgIpc) is 3.81. The van der Waals surface area contributed by atoms with Crippen molar-refractivity contribution < 1.29 is 13.9 Å². The molecule has 280 valence electrons. The third-order valence-corrected chi connectivity index (χ3v) is 12.9. The first-order valence-electron chi connectivity index (χ1n) is 20.7. The highest BCUT2D eigenvalue weighted by molar-refractivity contribution is 6.00. The number of aromatic nitrogens is 3. The number of hydrogen-bond acceptors (Lipinski definition) is 1. The second-order valence-electron chi connectivity index (χ2n) is 16.1. The molecule has 1 spiro atoms. The molecule has 3 aliphatic rings. The number of pyridine rings is 1. The van der Waals surface area contributed by atoms with Crippen LogP contribution >= 0.6 is 0 Å². The quantitative estimate of drug-likeness (QED) is 0.160. The standard InChI is InChI=1S/C56H37N3O/c1-36-31-46(40-23-12-5-13-24-40)51(35-45(36)39-21-10-4-11-22-39)58-49-27-16-26-43-47-32-42(38-19-8-3-9-20-38)33-48-50-34-41(37-17-6-2-7-18-37)29-30-57(50)56(53(47)48)59(54(43)49)55(58)44-25-14-15-28-52(44)60-56/h2-35H,1H3/q+2. The van der Waals surface area contributed by atoms with Crippen LogP contribution in [0.4, 0.5) is 0 Å². The molecule has 2 aromatic heterocycles. The van der Waals surface area contributed by atoms with Crippen LogP contribution in [0.5, 0.6) is 5.75 Å². The zero-order chi connectivity index (χ0) is 39.5. The maximum atomic E-state index is 7.68. The first-order valence-corrected chi connectivity index (χ1v) is 20.7. The zero-order valence-electron chi connectivity index (χ0n) is 32.9. The van der Waals surface area contributed by atoms with Crippen molar-refractivity contribution in [1.29, 1.82) is 0 Å². The van der Waals surface area contributed by atoms with E-state index in [2.05, 4.69) is 227 Å². The zero-order valence-corrected chi connectivity index (χ0v) is 32.9. The summed E-state index contributed by atoms with van der Waals surface area (Å²) in [5.74, 6) is 0.875. The summed E-state index contributed by atoms with van der Waals surface area (Å²) in [5, 5.41) is 0. The van der Waals surface area contributed by atoms with Gasteiger partial charge in [-0.1, -0.05) is 140 Å². The molecule has 0 aliphatic carbocycles. The molecule has 1 atom stereocenters. The van der Waals surface area contributed by atoms with E-state index < -0.39 is 5.85 Å². The monoisotopic (exact) mass is 767 g/mol. The van der Waals surface area contributed by atoms with Gasteiger partial charge in [-0.2, -0.15) is 4.57 Å². The minimum atomic E-state index is -1.05. The Morgan fingerprint density at radius 3 is 1.77 bits per heavy atom. The number of rotatable bonds is 5. The Bertz CT molecular complexity index is 3390. The van der Waals surface area contributed by atoms with E-state index >= 15 is 0 Å². The molecule has 4 nitrogen and oxygen atoms in total. The summed E-state index contributed by atoms with van der Waals surface area (Å²) in [7, 11) is 0. The van der Waals surface area contributed by atoms with Crippen molar-refractivity contribution in [3.05, 3.63) is 218 Å². The molecule has 60 heavy (non-hydrogen) atoms. The topological polar surface area (TPSA) is 21.9 Å². The smallest absolute Gasteiger partial charge is 0.392 e. The minimum Gasteiger partial charge on any atom is -0.392 e. The molecule has 3 aliphatic heterocycles. The molecule has 10 aromatic rings. The Labute approximate surface area is 348 Å². The number of hydrogen-bond donors (Lipinski definition) is 0. The molecule has 1 unspecified atom stereocenters. The summed E-state index contributed by atoms with van der Waals surface area (Å²) in [5.41, 5.74) is 20.9. The number of para-hydroxylation sites is 2. The highest BCUT2D eigenvalue weighted by atomic mass is 16.5. The molecule has 13 rings (SSSR count). The molecule has 0 N–H and O–H groups in total. The van der Waals surface area contributed by atoms with E-state index in [0.717, 1.165) is 50.7 Å². The highest BCUT2D eigenvalue weighted by Crippen LogP contribution is 2.54. The van der Waals surface area contributed by atoms with E-state index in [0.29, 0.717) is 0 Å². The minimum absolute atomic E-state index is 0.846. The van der Waals surface area contributed by atoms with Crippen LogP contribution in [0, 0.1) is 6.92 Å². The summed E-state index contributed by atoms with van der Waals surface area (Å²) in [6.45, 7) is 2.24. The lowest BCUT2D eigenvalue weighted by Crippen LogP contribution is -2.78. The van der Waals surface area contributed by atoms with Crippen molar-refractivity contribution >= 4 is 11.0 Å². The van der Waals surface area contributed by atoms with Crippen molar-refractivity contribution in [2.45, 2.75) is 12.8 Å². The number of aryl methyl sites for hydroxylation is 1. The van der Waals surface area contributed by atoms with Crippen LogP contribution in [-0.4, -0.2) is 4.57 Å². The molecule has 0 bridgehead atoms. The van der Waals surface area contributed by atoms with E-state index in [1.54, 1.807) is 0 Å². The Morgan fingerprint density at radius 2 is 1.05 bits per heavy atom. The third kappa shape index (κ3) is 4.45.